The fourth-order valence-electron chi connectivity index (χ4n) is 2.41. The number of amides is 2. The number of hydrogen-bond donors (Lipinski definition) is 0. The van der Waals surface area contributed by atoms with Crippen LogP contribution in [0.5, 0.6) is 0 Å². The van der Waals surface area contributed by atoms with Gasteiger partial charge in [0.05, 0.1) is 4.88 Å². The molecule has 20 heavy (non-hydrogen) atoms. The van der Waals surface area contributed by atoms with Gasteiger partial charge >= 0.3 is 0 Å². The van der Waals surface area contributed by atoms with E-state index >= 15 is 0 Å². The van der Waals surface area contributed by atoms with Crippen LogP contribution in [0.1, 0.15) is 34.8 Å². The summed E-state index contributed by atoms with van der Waals surface area (Å²) in [6.07, 6.45) is 0.433. The zero-order valence-corrected chi connectivity index (χ0v) is 13.2. The Morgan fingerprint density at radius 2 is 2.05 bits per heavy atom. The molecule has 4 nitrogen and oxygen atoms in total. The second-order valence-electron chi connectivity index (χ2n) is 5.69. The quantitative estimate of drug-likeness (QED) is 0.859. The van der Waals surface area contributed by atoms with Crippen molar-refractivity contribution in [2.24, 2.45) is 5.92 Å². The van der Waals surface area contributed by atoms with Gasteiger partial charge in [0.15, 0.2) is 0 Å². The lowest BCUT2D eigenvalue weighted by Crippen LogP contribution is -2.37. The van der Waals surface area contributed by atoms with Crippen LogP contribution in [-0.4, -0.2) is 47.8 Å². The lowest BCUT2D eigenvalue weighted by Gasteiger charge is -2.23. The van der Waals surface area contributed by atoms with Crippen LogP contribution >= 0.6 is 11.3 Å². The Morgan fingerprint density at radius 1 is 1.30 bits per heavy atom. The van der Waals surface area contributed by atoms with Crippen LogP contribution in [0.25, 0.3) is 0 Å². The largest absolute Gasteiger partial charge is 0.341 e. The predicted octanol–water partition coefficient (Wildman–Crippen LogP) is 2.39. The van der Waals surface area contributed by atoms with E-state index in [4.69, 9.17) is 0 Å². The number of rotatable bonds is 3. The van der Waals surface area contributed by atoms with E-state index in [1.165, 1.54) is 11.3 Å². The molecule has 1 aromatic heterocycles. The molecule has 0 unspecified atom stereocenters. The SMILES string of the molecule is Cc1ccc(C(=O)N2CCC(=O)N(CC(C)C)CC2)s1. The van der Waals surface area contributed by atoms with Crippen molar-refractivity contribution in [2.45, 2.75) is 27.2 Å². The Labute approximate surface area is 124 Å². The highest BCUT2D eigenvalue weighted by atomic mass is 32.1. The van der Waals surface area contributed by atoms with Crippen molar-refractivity contribution in [2.75, 3.05) is 26.2 Å². The van der Waals surface area contributed by atoms with Crippen LogP contribution in [0.3, 0.4) is 0 Å². The Morgan fingerprint density at radius 3 is 2.65 bits per heavy atom. The van der Waals surface area contributed by atoms with E-state index in [2.05, 4.69) is 13.8 Å². The molecule has 2 amide bonds. The van der Waals surface area contributed by atoms with Crippen molar-refractivity contribution in [1.82, 2.24) is 9.80 Å². The monoisotopic (exact) mass is 294 g/mol. The third-order valence-corrected chi connectivity index (χ3v) is 4.40. The van der Waals surface area contributed by atoms with Gasteiger partial charge in [0.2, 0.25) is 5.91 Å². The predicted molar refractivity (Wildman–Crippen MR) is 81.0 cm³/mol. The van der Waals surface area contributed by atoms with Gasteiger partial charge in [-0.1, -0.05) is 13.8 Å². The number of carbonyl (C=O) groups is 2. The first-order valence-electron chi connectivity index (χ1n) is 7.11. The fraction of sp³-hybridized carbons (Fsp3) is 0.600. The summed E-state index contributed by atoms with van der Waals surface area (Å²) in [5.74, 6) is 0.680. The van der Waals surface area contributed by atoms with Crippen LogP contribution in [-0.2, 0) is 4.79 Å². The molecule has 0 atom stereocenters. The summed E-state index contributed by atoms with van der Waals surface area (Å²) in [5.41, 5.74) is 0. The topological polar surface area (TPSA) is 40.6 Å². The smallest absolute Gasteiger partial charge is 0.264 e. The summed E-state index contributed by atoms with van der Waals surface area (Å²) in [6, 6.07) is 3.84. The van der Waals surface area contributed by atoms with Gasteiger partial charge in [-0.2, -0.15) is 0 Å². The third-order valence-electron chi connectivity index (χ3n) is 3.41. The van der Waals surface area contributed by atoms with E-state index in [0.717, 1.165) is 16.3 Å². The number of thiophene rings is 1. The molecule has 5 heteroatoms. The molecule has 1 aliphatic heterocycles. The van der Waals surface area contributed by atoms with Gasteiger partial charge in [0.25, 0.3) is 5.91 Å². The van der Waals surface area contributed by atoms with E-state index in [0.29, 0.717) is 32.0 Å². The Bertz CT molecular complexity index is 496. The van der Waals surface area contributed by atoms with Crippen LogP contribution in [0.15, 0.2) is 12.1 Å². The van der Waals surface area contributed by atoms with Crippen molar-refractivity contribution >= 4 is 23.2 Å². The van der Waals surface area contributed by atoms with E-state index in [1.54, 1.807) is 0 Å². The van der Waals surface area contributed by atoms with Gasteiger partial charge in [-0.15, -0.1) is 11.3 Å². The lowest BCUT2D eigenvalue weighted by atomic mass is 10.2. The van der Waals surface area contributed by atoms with Crippen LogP contribution in [0.2, 0.25) is 0 Å². The maximum absolute atomic E-state index is 12.4. The second-order valence-corrected chi connectivity index (χ2v) is 6.97. The van der Waals surface area contributed by atoms with Crippen molar-refractivity contribution in [1.29, 1.82) is 0 Å². The molecule has 0 spiro atoms. The van der Waals surface area contributed by atoms with Gasteiger partial charge < -0.3 is 9.80 Å². The molecule has 0 aromatic carbocycles. The van der Waals surface area contributed by atoms with Crippen LogP contribution < -0.4 is 0 Å². The molecule has 110 valence electrons. The summed E-state index contributed by atoms with van der Waals surface area (Å²) in [4.78, 5) is 30.1. The molecule has 1 fully saturated rings. The van der Waals surface area contributed by atoms with E-state index in [9.17, 15) is 9.59 Å². The number of hydrogen-bond acceptors (Lipinski definition) is 3. The summed E-state index contributed by atoms with van der Waals surface area (Å²) in [6.45, 7) is 8.80. The van der Waals surface area contributed by atoms with E-state index in [1.807, 2.05) is 28.9 Å². The van der Waals surface area contributed by atoms with Gasteiger partial charge in [0.1, 0.15) is 0 Å². The average molecular weight is 294 g/mol. The minimum absolute atomic E-state index is 0.0577. The van der Waals surface area contributed by atoms with E-state index < -0.39 is 0 Å². The summed E-state index contributed by atoms with van der Waals surface area (Å²) in [7, 11) is 0. The zero-order chi connectivity index (χ0) is 14.7. The first-order valence-corrected chi connectivity index (χ1v) is 7.92. The maximum atomic E-state index is 12.4. The van der Waals surface area contributed by atoms with Gasteiger partial charge in [-0.25, -0.2) is 0 Å². The number of carbonyl (C=O) groups excluding carboxylic acids is 2. The van der Waals surface area contributed by atoms with Gasteiger partial charge in [0, 0.05) is 37.5 Å². The first-order chi connectivity index (χ1) is 9.47. The molecule has 2 rings (SSSR count). The highest BCUT2D eigenvalue weighted by Crippen LogP contribution is 2.18. The zero-order valence-electron chi connectivity index (χ0n) is 12.4. The molecule has 0 saturated carbocycles. The normalized spacial score (nSPS) is 16.7. The first kappa shape index (κ1) is 15.0. The molecule has 0 bridgehead atoms. The van der Waals surface area contributed by atoms with E-state index in [-0.39, 0.29) is 11.8 Å². The summed E-state index contributed by atoms with van der Waals surface area (Å²) in [5, 5.41) is 0. The average Bonchev–Trinajstić information content (AvgIpc) is 2.74. The lowest BCUT2D eigenvalue weighted by molar-refractivity contribution is -0.130. The molecular formula is C15H22N2O2S. The van der Waals surface area contributed by atoms with Crippen LogP contribution in [0, 0.1) is 12.8 Å². The Balaban J connectivity index is 2.01. The minimum Gasteiger partial charge on any atom is -0.341 e. The Kier molecular flexibility index (Phi) is 4.81. The van der Waals surface area contributed by atoms with Crippen molar-refractivity contribution in [3.05, 3.63) is 21.9 Å². The molecule has 0 radical (unpaired) electrons. The molecule has 1 aliphatic rings. The second kappa shape index (κ2) is 6.39. The molecule has 1 saturated heterocycles. The molecule has 1 aromatic rings. The van der Waals surface area contributed by atoms with Crippen molar-refractivity contribution in [3.63, 3.8) is 0 Å². The highest BCUT2D eigenvalue weighted by Gasteiger charge is 2.25. The Hall–Kier alpha value is -1.36. The van der Waals surface area contributed by atoms with Crippen LogP contribution in [0.4, 0.5) is 0 Å². The molecule has 2 heterocycles. The molecule has 0 N–H and O–H groups in total. The minimum atomic E-state index is 0.0577. The van der Waals surface area contributed by atoms with Gasteiger partial charge in [-0.3, -0.25) is 9.59 Å². The fourth-order valence-corrected chi connectivity index (χ4v) is 3.24. The number of nitrogens with zero attached hydrogens (tertiary/aromatic N) is 2. The van der Waals surface area contributed by atoms with Crippen molar-refractivity contribution < 1.29 is 9.59 Å². The highest BCUT2D eigenvalue weighted by molar-refractivity contribution is 7.13. The summed E-state index contributed by atoms with van der Waals surface area (Å²) < 4.78 is 0. The molecular weight excluding hydrogens is 272 g/mol. The maximum Gasteiger partial charge on any atom is 0.264 e. The summed E-state index contributed by atoms with van der Waals surface area (Å²) >= 11 is 1.52. The third kappa shape index (κ3) is 3.60. The standard InChI is InChI=1S/C15H22N2O2S/c1-11(2)10-17-9-8-16(7-6-14(17)18)15(19)13-5-4-12(3)20-13/h4-5,11H,6-10H2,1-3H3. The van der Waals surface area contributed by atoms with Crippen molar-refractivity contribution in [3.8, 4) is 0 Å². The molecule has 0 aliphatic carbocycles. The van der Waals surface area contributed by atoms with Gasteiger partial charge in [-0.05, 0) is 25.0 Å². The number of aryl methyl sites for hydroxylation is 1.